The van der Waals surface area contributed by atoms with Crippen LogP contribution in [0.4, 0.5) is 5.69 Å². The van der Waals surface area contributed by atoms with Crippen molar-refractivity contribution in [1.82, 2.24) is 5.32 Å². The van der Waals surface area contributed by atoms with E-state index in [0.29, 0.717) is 12.5 Å². The second-order valence-corrected chi connectivity index (χ2v) is 4.96. The summed E-state index contributed by atoms with van der Waals surface area (Å²) in [5.74, 6) is 1.10. The van der Waals surface area contributed by atoms with E-state index in [9.17, 15) is 4.79 Å². The second-order valence-electron chi connectivity index (χ2n) is 4.96. The summed E-state index contributed by atoms with van der Waals surface area (Å²) in [7, 11) is 3.27. The molecule has 0 aliphatic rings. The third-order valence-electron chi connectivity index (χ3n) is 3.05. The van der Waals surface area contributed by atoms with E-state index in [1.807, 2.05) is 24.3 Å². The van der Waals surface area contributed by atoms with Gasteiger partial charge in [-0.05, 0) is 30.2 Å². The van der Waals surface area contributed by atoms with Crippen molar-refractivity contribution in [3.05, 3.63) is 24.3 Å². The Morgan fingerprint density at radius 3 is 2.35 bits per heavy atom. The summed E-state index contributed by atoms with van der Waals surface area (Å²) in [5.41, 5.74) is 0.755. The Labute approximate surface area is 120 Å². The highest BCUT2D eigenvalue weighted by Gasteiger charge is 2.13. The van der Waals surface area contributed by atoms with Crippen molar-refractivity contribution in [1.29, 1.82) is 0 Å². The van der Waals surface area contributed by atoms with E-state index < -0.39 is 0 Å². The van der Waals surface area contributed by atoms with Gasteiger partial charge in [0.25, 0.3) is 0 Å². The van der Waals surface area contributed by atoms with Gasteiger partial charge in [-0.25, -0.2) is 0 Å². The smallest absolute Gasteiger partial charge is 0.238 e. The molecule has 0 aliphatic carbocycles. The number of hydrogen-bond donors (Lipinski definition) is 2. The van der Waals surface area contributed by atoms with Crippen LogP contribution in [0.1, 0.15) is 13.8 Å². The number of ether oxygens (including phenoxy) is 2. The fourth-order valence-corrected chi connectivity index (χ4v) is 1.77. The van der Waals surface area contributed by atoms with Gasteiger partial charge in [-0.3, -0.25) is 4.79 Å². The van der Waals surface area contributed by atoms with Gasteiger partial charge in [0.05, 0.1) is 20.3 Å². The molecule has 0 fully saturated rings. The van der Waals surface area contributed by atoms with Crippen LogP contribution < -0.4 is 15.4 Å². The van der Waals surface area contributed by atoms with Crippen LogP contribution in [0.15, 0.2) is 24.3 Å². The van der Waals surface area contributed by atoms with Crippen molar-refractivity contribution < 1.29 is 14.3 Å². The lowest BCUT2D eigenvalue weighted by molar-refractivity contribution is -0.115. The van der Waals surface area contributed by atoms with Gasteiger partial charge in [-0.2, -0.15) is 0 Å². The molecule has 0 aromatic heterocycles. The summed E-state index contributed by atoms with van der Waals surface area (Å²) in [4.78, 5) is 11.9. The first-order valence-corrected chi connectivity index (χ1v) is 6.73. The fraction of sp³-hybridized carbons (Fsp3) is 0.533. The van der Waals surface area contributed by atoms with E-state index in [1.54, 1.807) is 14.2 Å². The normalized spacial score (nSPS) is 12.2. The van der Waals surface area contributed by atoms with E-state index in [4.69, 9.17) is 9.47 Å². The zero-order valence-electron chi connectivity index (χ0n) is 12.6. The van der Waals surface area contributed by atoms with Crippen molar-refractivity contribution in [2.45, 2.75) is 19.9 Å². The quantitative estimate of drug-likeness (QED) is 0.763. The second kappa shape index (κ2) is 8.55. The number of carbonyl (C=O) groups excluding carboxylic acids is 1. The average molecular weight is 280 g/mol. The van der Waals surface area contributed by atoms with Crippen LogP contribution in [-0.2, 0) is 9.53 Å². The van der Waals surface area contributed by atoms with Gasteiger partial charge in [0.2, 0.25) is 5.91 Å². The molecule has 0 bridgehead atoms. The van der Waals surface area contributed by atoms with Gasteiger partial charge >= 0.3 is 0 Å². The Bertz CT molecular complexity index is 404. The van der Waals surface area contributed by atoms with Crippen molar-refractivity contribution >= 4 is 11.6 Å². The first-order valence-electron chi connectivity index (χ1n) is 6.73. The van der Waals surface area contributed by atoms with E-state index in [2.05, 4.69) is 24.5 Å². The van der Waals surface area contributed by atoms with Crippen LogP contribution in [0, 0.1) is 5.92 Å². The molecule has 0 spiro atoms. The topological polar surface area (TPSA) is 59.6 Å². The molecule has 1 aromatic carbocycles. The molecule has 1 aromatic rings. The predicted octanol–water partition coefficient (Wildman–Crippen LogP) is 1.89. The molecular formula is C15H24N2O3. The lowest BCUT2D eigenvalue weighted by Gasteiger charge is -2.21. The molecule has 112 valence electrons. The fourth-order valence-electron chi connectivity index (χ4n) is 1.77. The molecule has 0 radical (unpaired) electrons. The Morgan fingerprint density at radius 2 is 1.85 bits per heavy atom. The maximum absolute atomic E-state index is 11.9. The molecule has 2 N–H and O–H groups in total. The van der Waals surface area contributed by atoms with E-state index in [-0.39, 0.29) is 18.5 Å². The van der Waals surface area contributed by atoms with E-state index >= 15 is 0 Å². The van der Waals surface area contributed by atoms with Crippen molar-refractivity contribution in [2.75, 3.05) is 32.7 Å². The molecule has 1 rings (SSSR count). The molecule has 1 atom stereocenters. The van der Waals surface area contributed by atoms with Gasteiger partial charge in [0.15, 0.2) is 0 Å². The monoisotopic (exact) mass is 280 g/mol. The summed E-state index contributed by atoms with van der Waals surface area (Å²) in [6.07, 6.45) is 0. The molecule has 0 saturated carbocycles. The van der Waals surface area contributed by atoms with E-state index in [0.717, 1.165) is 11.4 Å². The van der Waals surface area contributed by atoms with Gasteiger partial charge in [-0.1, -0.05) is 13.8 Å². The standard InChI is InChI=1S/C15H24N2O3/c1-11(2)14(10-19-3)16-9-15(18)17-12-5-7-13(20-4)8-6-12/h5-8,11,14,16H,9-10H2,1-4H3,(H,17,18). The Kier molecular flexibility index (Phi) is 7.04. The molecule has 20 heavy (non-hydrogen) atoms. The Balaban J connectivity index is 2.42. The Hall–Kier alpha value is -1.59. The number of carbonyl (C=O) groups is 1. The minimum atomic E-state index is -0.0723. The maximum atomic E-state index is 11.9. The first kappa shape index (κ1) is 16.5. The highest BCUT2D eigenvalue weighted by atomic mass is 16.5. The van der Waals surface area contributed by atoms with Crippen molar-refractivity contribution in [3.63, 3.8) is 0 Å². The first-order chi connectivity index (χ1) is 9.56. The third-order valence-corrected chi connectivity index (χ3v) is 3.05. The Morgan fingerprint density at radius 1 is 1.20 bits per heavy atom. The van der Waals surface area contributed by atoms with Gasteiger partial charge in [0.1, 0.15) is 5.75 Å². The zero-order valence-corrected chi connectivity index (χ0v) is 12.6. The van der Waals surface area contributed by atoms with Crippen LogP contribution in [0.25, 0.3) is 0 Å². The molecular weight excluding hydrogens is 256 g/mol. The van der Waals surface area contributed by atoms with Gasteiger partial charge in [-0.15, -0.1) is 0 Å². The van der Waals surface area contributed by atoms with Crippen LogP contribution >= 0.6 is 0 Å². The average Bonchev–Trinajstić information content (AvgIpc) is 2.44. The number of nitrogens with one attached hydrogen (secondary N) is 2. The number of rotatable bonds is 8. The number of hydrogen-bond acceptors (Lipinski definition) is 4. The molecule has 5 heteroatoms. The largest absolute Gasteiger partial charge is 0.497 e. The SMILES string of the molecule is COCC(NCC(=O)Nc1ccc(OC)cc1)C(C)C. The molecule has 0 aliphatic heterocycles. The van der Waals surface area contributed by atoms with E-state index in [1.165, 1.54) is 0 Å². The van der Waals surface area contributed by atoms with Crippen LogP contribution in [0.3, 0.4) is 0 Å². The predicted molar refractivity (Wildman–Crippen MR) is 80.1 cm³/mol. The minimum absolute atomic E-state index is 0.0723. The molecule has 0 saturated heterocycles. The van der Waals surface area contributed by atoms with Crippen molar-refractivity contribution in [3.8, 4) is 5.75 Å². The van der Waals surface area contributed by atoms with Crippen LogP contribution in [0.2, 0.25) is 0 Å². The number of methoxy groups -OCH3 is 2. The van der Waals surface area contributed by atoms with Crippen LogP contribution in [-0.4, -0.2) is 39.3 Å². The summed E-state index contributed by atoms with van der Waals surface area (Å²) in [6, 6.07) is 7.41. The number of benzene rings is 1. The highest BCUT2D eigenvalue weighted by molar-refractivity contribution is 5.92. The molecule has 1 unspecified atom stereocenters. The van der Waals surface area contributed by atoms with Crippen molar-refractivity contribution in [2.24, 2.45) is 5.92 Å². The van der Waals surface area contributed by atoms with Gasteiger partial charge < -0.3 is 20.1 Å². The molecule has 1 amide bonds. The summed E-state index contributed by atoms with van der Waals surface area (Å²) in [5, 5.41) is 6.03. The molecule has 0 heterocycles. The number of amides is 1. The lowest BCUT2D eigenvalue weighted by atomic mass is 10.1. The number of anilines is 1. The summed E-state index contributed by atoms with van der Waals surface area (Å²) >= 11 is 0. The summed E-state index contributed by atoms with van der Waals surface area (Å²) in [6.45, 7) is 5.04. The maximum Gasteiger partial charge on any atom is 0.238 e. The third kappa shape index (κ3) is 5.59. The molecule has 5 nitrogen and oxygen atoms in total. The zero-order chi connectivity index (χ0) is 15.0. The lowest BCUT2D eigenvalue weighted by Crippen LogP contribution is -2.42. The highest BCUT2D eigenvalue weighted by Crippen LogP contribution is 2.14. The summed E-state index contributed by atoms with van der Waals surface area (Å²) < 4.78 is 10.2. The minimum Gasteiger partial charge on any atom is -0.497 e. The van der Waals surface area contributed by atoms with Crippen LogP contribution in [0.5, 0.6) is 5.75 Å². The van der Waals surface area contributed by atoms with Gasteiger partial charge in [0, 0.05) is 18.8 Å².